The molecule has 33 heavy (non-hydrogen) atoms. The number of amides is 1. The van der Waals surface area contributed by atoms with Crippen LogP contribution in [0.2, 0.25) is 5.02 Å². The Morgan fingerprint density at radius 2 is 1.97 bits per heavy atom. The fourth-order valence-corrected chi connectivity index (χ4v) is 3.75. The van der Waals surface area contributed by atoms with Crippen LogP contribution >= 0.6 is 11.6 Å². The Morgan fingerprint density at radius 1 is 1.18 bits per heavy atom. The van der Waals surface area contributed by atoms with E-state index in [1.807, 2.05) is 36.4 Å². The number of carbonyl (C=O) groups excluding carboxylic acids is 1. The van der Waals surface area contributed by atoms with Crippen LogP contribution in [0, 0.1) is 6.92 Å². The number of nitrogens with one attached hydrogen (secondary N) is 2. The maximum atomic E-state index is 13.2. The van der Waals surface area contributed by atoms with Gasteiger partial charge in [0, 0.05) is 22.8 Å². The second-order valence-corrected chi connectivity index (χ2v) is 8.08. The van der Waals surface area contributed by atoms with E-state index in [1.54, 1.807) is 31.2 Å². The standard InChI is InChI=1S/C25H23ClN4O3/c1-16-13-17(2)30(15-21(31)27-12-11-18-7-4-3-5-8-18)25(32)22(16)24-28-23(29-33-24)19-9-6-10-20(26)14-19/h3-10,13-14H,1,11-12,15H2,2H3,(H,27,31)(H,28,29). The van der Waals surface area contributed by atoms with Gasteiger partial charge in [0.2, 0.25) is 5.91 Å². The molecule has 3 aromatic rings. The summed E-state index contributed by atoms with van der Waals surface area (Å²) in [5.41, 5.74) is 4.79. The van der Waals surface area contributed by atoms with E-state index in [4.69, 9.17) is 16.4 Å². The molecule has 168 valence electrons. The molecule has 0 saturated heterocycles. The summed E-state index contributed by atoms with van der Waals surface area (Å²) in [6.07, 6.45) is 0.710. The van der Waals surface area contributed by atoms with E-state index in [0.29, 0.717) is 40.3 Å². The summed E-state index contributed by atoms with van der Waals surface area (Å²) < 4.78 is 1.39. The van der Waals surface area contributed by atoms with Crippen LogP contribution in [0.5, 0.6) is 0 Å². The molecular formula is C25H23ClN4O3. The number of aliphatic imine (C=N–C) groups is 1. The minimum Gasteiger partial charge on any atom is -0.359 e. The Morgan fingerprint density at radius 3 is 2.73 bits per heavy atom. The second-order valence-electron chi connectivity index (χ2n) is 7.64. The lowest BCUT2D eigenvalue weighted by Gasteiger charge is -2.11. The number of hydrogen-bond acceptors (Lipinski definition) is 5. The molecule has 1 aliphatic rings. The molecular weight excluding hydrogens is 440 g/mol. The Bertz CT molecular complexity index is 1400. The molecule has 2 aromatic carbocycles. The summed E-state index contributed by atoms with van der Waals surface area (Å²) in [4.78, 5) is 35.7. The third-order valence-corrected chi connectivity index (χ3v) is 5.47. The van der Waals surface area contributed by atoms with Gasteiger partial charge >= 0.3 is 0 Å². The van der Waals surface area contributed by atoms with E-state index in [0.717, 1.165) is 5.56 Å². The molecule has 0 unspecified atom stereocenters. The predicted octanol–water partition coefficient (Wildman–Crippen LogP) is 1.63. The highest BCUT2D eigenvalue weighted by Gasteiger charge is 2.18. The lowest BCUT2D eigenvalue weighted by atomic mass is 10.1. The van der Waals surface area contributed by atoms with Crippen LogP contribution in [0.3, 0.4) is 0 Å². The normalized spacial score (nSPS) is 14.3. The summed E-state index contributed by atoms with van der Waals surface area (Å²) in [6, 6.07) is 18.7. The molecule has 1 amide bonds. The highest BCUT2D eigenvalue weighted by atomic mass is 35.5. The lowest BCUT2D eigenvalue weighted by Crippen LogP contribution is -2.48. The molecule has 7 nitrogen and oxygen atoms in total. The predicted molar refractivity (Wildman–Crippen MR) is 129 cm³/mol. The van der Waals surface area contributed by atoms with Crippen molar-refractivity contribution in [3.8, 4) is 0 Å². The highest BCUT2D eigenvalue weighted by molar-refractivity contribution is 6.31. The zero-order valence-electron chi connectivity index (χ0n) is 18.1. The van der Waals surface area contributed by atoms with Gasteiger partial charge in [-0.1, -0.05) is 60.6 Å². The minimum absolute atomic E-state index is 0.0956. The van der Waals surface area contributed by atoms with E-state index in [9.17, 15) is 9.59 Å². The largest absolute Gasteiger partial charge is 0.359 e. The van der Waals surface area contributed by atoms with Crippen LogP contribution in [-0.4, -0.2) is 22.9 Å². The molecule has 1 aliphatic heterocycles. The molecule has 0 atom stereocenters. The monoisotopic (exact) mass is 462 g/mol. The Hall–Kier alpha value is -3.84. The van der Waals surface area contributed by atoms with Gasteiger partial charge in [0.05, 0.1) is 0 Å². The van der Waals surface area contributed by atoms with Crippen LogP contribution in [0.1, 0.15) is 16.8 Å². The molecule has 0 fully saturated rings. The molecule has 8 heteroatoms. The SMILES string of the molecule is C=c1cc(C)n(CC(=O)NCCc2ccccc2)c(=O)c1=C1N=C(c2cccc(Cl)c2)NO1. The Labute approximate surface area is 195 Å². The number of nitrogens with zero attached hydrogens (tertiary/aromatic N) is 2. The number of amidine groups is 1. The van der Waals surface area contributed by atoms with E-state index in [-0.39, 0.29) is 23.6 Å². The quantitative estimate of drug-likeness (QED) is 0.583. The molecule has 2 N–H and O–H groups in total. The number of benzene rings is 2. The first-order chi connectivity index (χ1) is 15.9. The smallest absolute Gasteiger partial charge is 0.264 e. The Balaban J connectivity index is 1.58. The van der Waals surface area contributed by atoms with Gasteiger partial charge in [-0.05, 0) is 42.3 Å². The average Bonchev–Trinajstić information content (AvgIpc) is 3.27. The number of hydroxylamine groups is 1. The van der Waals surface area contributed by atoms with Gasteiger partial charge in [0.25, 0.3) is 11.4 Å². The fraction of sp³-hybridized carbons (Fsp3) is 0.160. The highest BCUT2D eigenvalue weighted by Crippen LogP contribution is 2.14. The van der Waals surface area contributed by atoms with Crippen molar-refractivity contribution in [1.82, 2.24) is 15.4 Å². The number of halogens is 1. The van der Waals surface area contributed by atoms with Crippen molar-refractivity contribution >= 4 is 35.8 Å². The zero-order valence-corrected chi connectivity index (χ0v) is 18.9. The Kier molecular flexibility index (Phi) is 6.60. The van der Waals surface area contributed by atoms with Crippen molar-refractivity contribution in [2.75, 3.05) is 6.54 Å². The topological polar surface area (TPSA) is 84.7 Å². The maximum absolute atomic E-state index is 13.2. The van der Waals surface area contributed by atoms with Crippen molar-refractivity contribution in [3.05, 3.63) is 103 Å². The number of rotatable bonds is 6. The molecule has 0 spiro atoms. The van der Waals surface area contributed by atoms with Crippen LogP contribution in [0.25, 0.3) is 12.5 Å². The van der Waals surface area contributed by atoms with Crippen molar-refractivity contribution in [3.63, 3.8) is 0 Å². The van der Waals surface area contributed by atoms with Gasteiger partial charge < -0.3 is 14.7 Å². The van der Waals surface area contributed by atoms with Crippen LogP contribution < -0.4 is 26.8 Å². The lowest BCUT2D eigenvalue weighted by molar-refractivity contribution is -0.121. The second kappa shape index (κ2) is 9.75. The first-order valence-corrected chi connectivity index (χ1v) is 10.8. The summed E-state index contributed by atoms with van der Waals surface area (Å²) >= 11 is 6.05. The van der Waals surface area contributed by atoms with Gasteiger partial charge in [0.15, 0.2) is 5.84 Å². The first kappa shape index (κ1) is 22.4. The molecule has 1 aromatic heterocycles. The van der Waals surface area contributed by atoms with Crippen molar-refractivity contribution < 1.29 is 9.63 Å². The fourth-order valence-electron chi connectivity index (χ4n) is 3.56. The van der Waals surface area contributed by atoms with Gasteiger partial charge in [-0.3, -0.25) is 9.59 Å². The van der Waals surface area contributed by atoms with Gasteiger partial charge in [-0.2, -0.15) is 4.99 Å². The van der Waals surface area contributed by atoms with E-state index >= 15 is 0 Å². The van der Waals surface area contributed by atoms with Crippen molar-refractivity contribution in [2.24, 2.45) is 4.99 Å². The minimum atomic E-state index is -0.397. The molecule has 0 aliphatic carbocycles. The third kappa shape index (κ3) is 5.15. The maximum Gasteiger partial charge on any atom is 0.264 e. The number of aryl methyl sites for hydroxylation is 1. The molecule has 4 rings (SSSR count). The number of pyridine rings is 1. The molecule has 2 heterocycles. The van der Waals surface area contributed by atoms with Crippen molar-refractivity contribution in [2.45, 2.75) is 19.9 Å². The average molecular weight is 463 g/mol. The third-order valence-electron chi connectivity index (χ3n) is 5.24. The summed E-state index contributed by atoms with van der Waals surface area (Å²) in [7, 11) is 0. The zero-order chi connectivity index (χ0) is 23.4. The number of hydrogen-bond donors (Lipinski definition) is 2. The van der Waals surface area contributed by atoms with E-state index < -0.39 is 5.56 Å². The molecule has 0 saturated carbocycles. The van der Waals surface area contributed by atoms with Gasteiger partial charge in [0.1, 0.15) is 11.8 Å². The summed E-state index contributed by atoms with van der Waals surface area (Å²) in [5, 5.41) is 4.08. The molecule has 0 radical (unpaired) electrons. The van der Waals surface area contributed by atoms with Crippen LogP contribution in [0.15, 0.2) is 70.5 Å². The van der Waals surface area contributed by atoms with Crippen LogP contribution in [-0.2, 0) is 22.6 Å². The van der Waals surface area contributed by atoms with E-state index in [2.05, 4.69) is 22.4 Å². The number of aromatic nitrogens is 1. The molecule has 0 bridgehead atoms. The van der Waals surface area contributed by atoms with Crippen LogP contribution in [0.4, 0.5) is 0 Å². The van der Waals surface area contributed by atoms with Crippen molar-refractivity contribution in [1.29, 1.82) is 0 Å². The van der Waals surface area contributed by atoms with Gasteiger partial charge in [-0.25, -0.2) is 5.48 Å². The first-order valence-electron chi connectivity index (χ1n) is 10.4. The van der Waals surface area contributed by atoms with E-state index in [1.165, 1.54) is 4.57 Å². The number of carbonyl (C=O) groups is 1. The summed E-state index contributed by atoms with van der Waals surface area (Å²) in [5.74, 6) is 0.271. The van der Waals surface area contributed by atoms with Gasteiger partial charge in [-0.15, -0.1) is 0 Å². The summed E-state index contributed by atoms with van der Waals surface area (Å²) in [6.45, 7) is 6.10.